The van der Waals surface area contributed by atoms with Crippen LogP contribution in [0.25, 0.3) is 0 Å². The van der Waals surface area contributed by atoms with Crippen LogP contribution < -0.4 is 11.1 Å². The Morgan fingerprint density at radius 3 is 2.30 bits per heavy atom. The summed E-state index contributed by atoms with van der Waals surface area (Å²) in [6, 6.07) is 6.22. The van der Waals surface area contributed by atoms with E-state index < -0.39 is 0 Å². The lowest BCUT2D eigenvalue weighted by Gasteiger charge is -2.23. The predicted molar refractivity (Wildman–Crippen MR) is 90.1 cm³/mol. The topological polar surface area (TPSA) is 41.3 Å². The van der Waals surface area contributed by atoms with Crippen molar-refractivity contribution in [3.8, 4) is 0 Å². The van der Waals surface area contributed by atoms with Gasteiger partial charge in [-0.2, -0.15) is 0 Å². The average Bonchev–Trinajstić information content (AvgIpc) is 2.37. The molecule has 3 nitrogen and oxygen atoms in total. The summed E-state index contributed by atoms with van der Waals surface area (Å²) >= 11 is 0. The monoisotopic (exact) mass is 275 g/mol. The summed E-state index contributed by atoms with van der Waals surface area (Å²) in [6.45, 7) is 17.9. The number of benzene rings is 1. The van der Waals surface area contributed by atoms with Gasteiger partial charge in [-0.15, -0.1) is 0 Å². The van der Waals surface area contributed by atoms with Crippen LogP contribution >= 0.6 is 0 Å². The number of rotatable bonds is 6. The number of nitrogens with two attached hydrogens (primary N) is 1. The maximum atomic E-state index is 6.14. The fourth-order valence-electron chi connectivity index (χ4n) is 2.09. The van der Waals surface area contributed by atoms with Gasteiger partial charge in [-0.3, -0.25) is 4.90 Å². The first kappa shape index (κ1) is 16.6. The minimum absolute atomic E-state index is 0.116. The van der Waals surface area contributed by atoms with E-state index in [4.69, 9.17) is 5.73 Å². The standard InChI is InChI=1S/C17H29N3/c1-7-20(8-2)12-13(3)19-16-10-9-14(11-15(16)18)17(4,5)6/h9-11,19H,3,7-8,12,18H2,1-2,4-6H3. The van der Waals surface area contributed by atoms with Crippen LogP contribution in [0.5, 0.6) is 0 Å². The molecule has 1 aromatic rings. The second kappa shape index (κ2) is 6.80. The smallest absolute Gasteiger partial charge is 0.0615 e. The third kappa shape index (κ3) is 4.57. The van der Waals surface area contributed by atoms with Gasteiger partial charge in [-0.25, -0.2) is 0 Å². The normalized spacial score (nSPS) is 11.7. The molecule has 0 unspecified atom stereocenters. The zero-order valence-corrected chi connectivity index (χ0v) is 13.6. The molecule has 20 heavy (non-hydrogen) atoms. The fraction of sp³-hybridized carbons (Fsp3) is 0.529. The Bertz CT molecular complexity index is 454. The van der Waals surface area contributed by atoms with Crippen molar-refractivity contribution < 1.29 is 0 Å². The Kier molecular flexibility index (Phi) is 5.63. The zero-order valence-electron chi connectivity index (χ0n) is 13.6. The predicted octanol–water partition coefficient (Wildman–Crippen LogP) is 3.83. The van der Waals surface area contributed by atoms with Gasteiger partial charge in [0.1, 0.15) is 0 Å². The van der Waals surface area contributed by atoms with E-state index in [-0.39, 0.29) is 5.41 Å². The van der Waals surface area contributed by atoms with Gasteiger partial charge in [0.25, 0.3) is 0 Å². The maximum Gasteiger partial charge on any atom is 0.0615 e. The second-order valence-corrected chi connectivity index (χ2v) is 6.24. The zero-order chi connectivity index (χ0) is 15.3. The van der Waals surface area contributed by atoms with E-state index in [1.165, 1.54) is 5.56 Å². The number of hydrogen-bond acceptors (Lipinski definition) is 3. The highest BCUT2D eigenvalue weighted by atomic mass is 15.1. The minimum atomic E-state index is 0.116. The summed E-state index contributed by atoms with van der Waals surface area (Å²) in [6.07, 6.45) is 0. The van der Waals surface area contributed by atoms with Crippen molar-refractivity contribution in [1.82, 2.24) is 4.90 Å². The molecule has 3 N–H and O–H groups in total. The third-order valence-electron chi connectivity index (χ3n) is 3.54. The third-order valence-corrected chi connectivity index (χ3v) is 3.54. The molecule has 0 atom stereocenters. The summed E-state index contributed by atoms with van der Waals surface area (Å²) in [7, 11) is 0. The van der Waals surface area contributed by atoms with Gasteiger partial charge in [0, 0.05) is 12.2 Å². The van der Waals surface area contributed by atoms with Gasteiger partial charge in [0.15, 0.2) is 0 Å². The number of nitrogens with zero attached hydrogens (tertiary/aromatic N) is 1. The molecule has 0 bridgehead atoms. The van der Waals surface area contributed by atoms with E-state index in [2.05, 4.69) is 57.5 Å². The average molecular weight is 275 g/mol. The highest BCUT2D eigenvalue weighted by Gasteiger charge is 2.15. The molecule has 0 radical (unpaired) electrons. The van der Waals surface area contributed by atoms with Crippen molar-refractivity contribution >= 4 is 11.4 Å². The quantitative estimate of drug-likeness (QED) is 0.775. The van der Waals surface area contributed by atoms with Gasteiger partial charge >= 0.3 is 0 Å². The van der Waals surface area contributed by atoms with E-state index in [1.807, 2.05) is 12.1 Å². The van der Waals surface area contributed by atoms with Gasteiger partial charge < -0.3 is 11.1 Å². The summed E-state index contributed by atoms with van der Waals surface area (Å²) in [4.78, 5) is 2.31. The van der Waals surface area contributed by atoms with Crippen LogP contribution in [0.2, 0.25) is 0 Å². The Hall–Kier alpha value is -1.48. The summed E-state index contributed by atoms with van der Waals surface area (Å²) < 4.78 is 0. The fourth-order valence-corrected chi connectivity index (χ4v) is 2.09. The molecular formula is C17H29N3. The molecule has 0 aliphatic carbocycles. The molecule has 3 heteroatoms. The highest BCUT2D eigenvalue weighted by Crippen LogP contribution is 2.28. The van der Waals surface area contributed by atoms with Crippen LogP contribution in [0.4, 0.5) is 11.4 Å². The van der Waals surface area contributed by atoms with Crippen molar-refractivity contribution in [2.24, 2.45) is 0 Å². The number of likely N-dealkylation sites (N-methyl/N-ethyl adjacent to an activating group) is 1. The van der Waals surface area contributed by atoms with E-state index >= 15 is 0 Å². The number of hydrogen-bond donors (Lipinski definition) is 2. The second-order valence-electron chi connectivity index (χ2n) is 6.24. The molecule has 0 aliphatic heterocycles. The minimum Gasteiger partial charge on any atom is -0.397 e. The number of nitrogens with one attached hydrogen (secondary N) is 1. The Morgan fingerprint density at radius 1 is 1.25 bits per heavy atom. The van der Waals surface area contributed by atoms with Gasteiger partial charge in [0.05, 0.1) is 11.4 Å². The van der Waals surface area contributed by atoms with E-state index in [0.717, 1.165) is 36.7 Å². The lowest BCUT2D eigenvalue weighted by molar-refractivity contribution is 0.331. The largest absolute Gasteiger partial charge is 0.397 e. The highest BCUT2D eigenvalue weighted by molar-refractivity contribution is 5.69. The Balaban J connectivity index is 2.76. The molecule has 0 fully saturated rings. The van der Waals surface area contributed by atoms with Crippen LogP contribution in [0, 0.1) is 0 Å². The SMILES string of the molecule is C=C(CN(CC)CC)Nc1ccc(C(C)(C)C)cc1N. The van der Waals surface area contributed by atoms with E-state index in [0.29, 0.717) is 0 Å². The number of nitrogen functional groups attached to an aromatic ring is 1. The van der Waals surface area contributed by atoms with Crippen LogP contribution in [0.15, 0.2) is 30.5 Å². The van der Waals surface area contributed by atoms with Gasteiger partial charge in [-0.1, -0.05) is 47.3 Å². The lowest BCUT2D eigenvalue weighted by Crippen LogP contribution is -2.27. The maximum absolute atomic E-state index is 6.14. The van der Waals surface area contributed by atoms with Crippen molar-refractivity contribution in [3.05, 3.63) is 36.0 Å². The van der Waals surface area contributed by atoms with Crippen LogP contribution in [-0.2, 0) is 5.41 Å². The molecule has 0 aliphatic rings. The first-order chi connectivity index (χ1) is 9.27. The molecule has 0 spiro atoms. The summed E-state index contributed by atoms with van der Waals surface area (Å²) in [5.74, 6) is 0. The van der Waals surface area contributed by atoms with Crippen molar-refractivity contribution in [3.63, 3.8) is 0 Å². The molecule has 0 amide bonds. The molecular weight excluding hydrogens is 246 g/mol. The lowest BCUT2D eigenvalue weighted by atomic mass is 9.86. The Labute approximate surface area is 123 Å². The first-order valence-electron chi connectivity index (χ1n) is 7.35. The number of anilines is 2. The summed E-state index contributed by atoms with van der Waals surface area (Å²) in [5, 5.41) is 3.33. The van der Waals surface area contributed by atoms with Crippen molar-refractivity contribution in [2.45, 2.75) is 40.0 Å². The van der Waals surface area contributed by atoms with Gasteiger partial charge in [0.2, 0.25) is 0 Å². The Morgan fingerprint density at radius 2 is 1.85 bits per heavy atom. The van der Waals surface area contributed by atoms with Crippen molar-refractivity contribution in [2.75, 3.05) is 30.7 Å². The van der Waals surface area contributed by atoms with Gasteiger partial charge in [-0.05, 0) is 36.2 Å². The first-order valence-corrected chi connectivity index (χ1v) is 7.35. The van der Waals surface area contributed by atoms with Crippen LogP contribution in [-0.4, -0.2) is 24.5 Å². The molecule has 0 heterocycles. The van der Waals surface area contributed by atoms with Crippen LogP contribution in [0.1, 0.15) is 40.2 Å². The van der Waals surface area contributed by atoms with Crippen LogP contribution in [0.3, 0.4) is 0 Å². The molecule has 0 saturated carbocycles. The molecule has 0 aromatic heterocycles. The van der Waals surface area contributed by atoms with E-state index in [1.54, 1.807) is 0 Å². The molecule has 112 valence electrons. The molecule has 1 rings (SSSR count). The summed E-state index contributed by atoms with van der Waals surface area (Å²) in [5.41, 5.74) is 10.2. The van der Waals surface area contributed by atoms with Crippen molar-refractivity contribution in [1.29, 1.82) is 0 Å². The molecule has 0 saturated heterocycles. The van der Waals surface area contributed by atoms with E-state index in [9.17, 15) is 0 Å². The molecule has 1 aromatic carbocycles.